The van der Waals surface area contributed by atoms with Gasteiger partial charge in [0.25, 0.3) is 5.91 Å². The predicted molar refractivity (Wildman–Crippen MR) is 102 cm³/mol. The minimum Gasteiger partial charge on any atom is -0.376 e. The summed E-state index contributed by atoms with van der Waals surface area (Å²) in [4.78, 5) is 19.2. The quantitative estimate of drug-likeness (QED) is 0.778. The van der Waals surface area contributed by atoms with Crippen LogP contribution in [0.3, 0.4) is 0 Å². The number of hydrogen-bond acceptors (Lipinski definition) is 4. The second-order valence-electron chi connectivity index (χ2n) is 6.23. The molecule has 0 unspecified atom stereocenters. The number of nitrogens with zero attached hydrogens (tertiary/aromatic N) is 4. The molecule has 2 aromatic heterocycles. The van der Waals surface area contributed by atoms with Gasteiger partial charge < -0.3 is 10.2 Å². The third kappa shape index (κ3) is 3.17. The van der Waals surface area contributed by atoms with E-state index < -0.39 is 0 Å². The zero-order chi connectivity index (χ0) is 18.3. The lowest BCUT2D eigenvalue weighted by atomic mass is 10.1. The molecule has 6 nitrogen and oxygen atoms in total. The number of carbonyl (C=O) groups is 1. The summed E-state index contributed by atoms with van der Waals surface area (Å²) in [5.41, 5.74) is 4.33. The summed E-state index contributed by atoms with van der Waals surface area (Å²) in [5, 5.41) is 8.63. The van der Waals surface area contributed by atoms with Crippen LogP contribution in [0.15, 0.2) is 24.3 Å². The highest BCUT2D eigenvalue weighted by Gasteiger charge is 2.18. The van der Waals surface area contributed by atoms with Gasteiger partial charge in [-0.3, -0.25) is 9.48 Å². The number of nitrogens with one attached hydrogen (secondary N) is 1. The van der Waals surface area contributed by atoms with E-state index in [0.29, 0.717) is 21.9 Å². The molecule has 0 aliphatic heterocycles. The molecule has 0 fully saturated rings. The lowest BCUT2D eigenvalue weighted by Gasteiger charge is -2.15. The third-order valence-electron chi connectivity index (χ3n) is 4.03. The Labute approximate surface area is 151 Å². The normalized spacial score (nSPS) is 11.0. The topological polar surface area (TPSA) is 63.1 Å². The average Bonchev–Trinajstić information content (AvgIpc) is 2.80. The van der Waals surface area contributed by atoms with Gasteiger partial charge in [0.2, 0.25) is 0 Å². The average molecular weight is 358 g/mol. The van der Waals surface area contributed by atoms with E-state index in [1.165, 1.54) is 0 Å². The van der Waals surface area contributed by atoms with Crippen LogP contribution in [-0.4, -0.2) is 34.8 Å². The molecule has 3 rings (SSSR count). The van der Waals surface area contributed by atoms with Crippen molar-refractivity contribution in [3.63, 3.8) is 0 Å². The molecule has 1 amide bonds. The minimum absolute atomic E-state index is 0.208. The molecule has 0 aliphatic rings. The van der Waals surface area contributed by atoms with E-state index in [0.717, 1.165) is 22.5 Å². The highest BCUT2D eigenvalue weighted by atomic mass is 35.5. The molecule has 0 radical (unpaired) electrons. The second kappa shape index (κ2) is 6.37. The summed E-state index contributed by atoms with van der Waals surface area (Å²) in [6.07, 6.45) is 0. The molecular formula is C18H20ClN5O. The van der Waals surface area contributed by atoms with Crippen LogP contribution < -0.4 is 10.2 Å². The first-order chi connectivity index (χ1) is 11.8. The molecule has 7 heteroatoms. The Balaban J connectivity index is 1.99. The van der Waals surface area contributed by atoms with Gasteiger partial charge >= 0.3 is 0 Å². The van der Waals surface area contributed by atoms with Crippen molar-refractivity contribution in [2.45, 2.75) is 13.8 Å². The predicted octanol–water partition coefficient (Wildman–Crippen LogP) is 3.56. The van der Waals surface area contributed by atoms with Crippen molar-refractivity contribution in [1.82, 2.24) is 14.8 Å². The molecule has 3 aromatic rings. The maximum Gasteiger partial charge on any atom is 0.256 e. The van der Waals surface area contributed by atoms with Crippen LogP contribution >= 0.6 is 11.6 Å². The molecular weight excluding hydrogens is 338 g/mol. The lowest BCUT2D eigenvalue weighted by molar-refractivity contribution is 0.102. The summed E-state index contributed by atoms with van der Waals surface area (Å²) in [5.74, 6) is -0.208. The van der Waals surface area contributed by atoms with Crippen LogP contribution in [0.4, 0.5) is 11.4 Å². The van der Waals surface area contributed by atoms with Gasteiger partial charge in [-0.15, -0.1) is 0 Å². The van der Waals surface area contributed by atoms with Crippen LogP contribution in [-0.2, 0) is 7.05 Å². The van der Waals surface area contributed by atoms with E-state index in [-0.39, 0.29) is 5.91 Å². The third-order valence-corrected chi connectivity index (χ3v) is 4.33. The highest BCUT2D eigenvalue weighted by molar-refractivity contribution is 6.33. The van der Waals surface area contributed by atoms with Crippen molar-refractivity contribution in [3.8, 4) is 0 Å². The number of fused-ring (bicyclic) bond motifs is 1. The second-order valence-corrected chi connectivity index (χ2v) is 6.64. The molecule has 25 heavy (non-hydrogen) atoms. The number of aromatic nitrogens is 3. The molecule has 0 bridgehead atoms. The van der Waals surface area contributed by atoms with E-state index in [9.17, 15) is 4.79 Å². The SMILES string of the molecule is Cc1cc(C(=O)Nc2ccc(N(C)C)c(Cl)c2)c2c(C)nn(C)c2n1. The Morgan fingerprint density at radius 3 is 2.60 bits per heavy atom. The van der Waals surface area contributed by atoms with Gasteiger partial charge in [-0.25, -0.2) is 4.98 Å². The molecule has 0 saturated carbocycles. The number of amides is 1. The molecule has 1 N–H and O–H groups in total. The van der Waals surface area contributed by atoms with Gasteiger partial charge in [0.1, 0.15) is 0 Å². The van der Waals surface area contributed by atoms with Crippen molar-refractivity contribution in [2.24, 2.45) is 7.05 Å². The van der Waals surface area contributed by atoms with Gasteiger partial charge in [0, 0.05) is 32.5 Å². The van der Waals surface area contributed by atoms with Crippen molar-refractivity contribution < 1.29 is 4.79 Å². The number of anilines is 2. The molecule has 2 heterocycles. The van der Waals surface area contributed by atoms with Crippen LogP contribution in [0, 0.1) is 13.8 Å². The number of pyridine rings is 1. The number of hydrogen-bond donors (Lipinski definition) is 1. The number of benzene rings is 1. The minimum atomic E-state index is -0.208. The summed E-state index contributed by atoms with van der Waals surface area (Å²) < 4.78 is 1.69. The van der Waals surface area contributed by atoms with Gasteiger partial charge in [0.15, 0.2) is 5.65 Å². The molecule has 0 spiro atoms. The Morgan fingerprint density at radius 2 is 1.96 bits per heavy atom. The van der Waals surface area contributed by atoms with Gasteiger partial charge in [-0.1, -0.05) is 11.6 Å². The monoisotopic (exact) mass is 357 g/mol. The van der Waals surface area contributed by atoms with Crippen LogP contribution in [0.5, 0.6) is 0 Å². The van der Waals surface area contributed by atoms with E-state index in [4.69, 9.17) is 11.6 Å². The van der Waals surface area contributed by atoms with Gasteiger partial charge in [0.05, 0.1) is 27.4 Å². The fourth-order valence-corrected chi connectivity index (χ4v) is 3.24. The Hall–Kier alpha value is -2.60. The number of carbonyl (C=O) groups excluding carboxylic acids is 1. The first-order valence-corrected chi connectivity index (χ1v) is 8.25. The summed E-state index contributed by atoms with van der Waals surface area (Å²) >= 11 is 6.29. The van der Waals surface area contributed by atoms with Crippen LogP contribution in [0.25, 0.3) is 11.0 Å². The standard InChI is InChI=1S/C18H20ClN5O/c1-10-8-13(16-11(2)22-24(5)17(16)20-10)18(25)21-12-6-7-15(23(3)4)14(19)9-12/h6-9H,1-5H3,(H,21,25). The van der Waals surface area contributed by atoms with Crippen molar-refractivity contribution in [3.05, 3.63) is 46.2 Å². The van der Waals surface area contributed by atoms with Crippen molar-refractivity contribution in [1.29, 1.82) is 0 Å². The number of halogens is 1. The summed E-state index contributed by atoms with van der Waals surface area (Å²) in [6, 6.07) is 7.24. The first kappa shape index (κ1) is 17.2. The van der Waals surface area contributed by atoms with E-state index >= 15 is 0 Å². The molecule has 130 valence electrons. The maximum atomic E-state index is 12.8. The van der Waals surface area contributed by atoms with E-state index in [1.807, 2.05) is 52.0 Å². The maximum absolute atomic E-state index is 12.8. The number of aryl methyl sites for hydroxylation is 3. The Morgan fingerprint density at radius 1 is 1.24 bits per heavy atom. The van der Waals surface area contributed by atoms with Crippen molar-refractivity contribution >= 4 is 39.9 Å². The fraction of sp³-hybridized carbons (Fsp3) is 0.278. The lowest BCUT2D eigenvalue weighted by Crippen LogP contribution is -2.14. The molecule has 1 aromatic carbocycles. The van der Waals surface area contributed by atoms with E-state index in [2.05, 4.69) is 15.4 Å². The van der Waals surface area contributed by atoms with Crippen LogP contribution in [0.1, 0.15) is 21.7 Å². The van der Waals surface area contributed by atoms with E-state index in [1.54, 1.807) is 16.8 Å². The number of rotatable bonds is 3. The fourth-order valence-electron chi connectivity index (χ4n) is 2.89. The highest BCUT2D eigenvalue weighted by Crippen LogP contribution is 2.28. The molecule has 0 atom stereocenters. The van der Waals surface area contributed by atoms with Crippen molar-refractivity contribution in [2.75, 3.05) is 24.3 Å². The largest absolute Gasteiger partial charge is 0.376 e. The summed E-state index contributed by atoms with van der Waals surface area (Å²) in [7, 11) is 5.66. The molecule has 0 saturated heterocycles. The zero-order valence-corrected chi connectivity index (χ0v) is 15.6. The Kier molecular flexibility index (Phi) is 4.39. The molecule has 0 aliphatic carbocycles. The zero-order valence-electron chi connectivity index (χ0n) is 14.9. The smallest absolute Gasteiger partial charge is 0.256 e. The Bertz CT molecular complexity index is 977. The summed E-state index contributed by atoms with van der Waals surface area (Å²) in [6.45, 7) is 3.74. The first-order valence-electron chi connectivity index (χ1n) is 7.87. The van der Waals surface area contributed by atoms with Gasteiger partial charge in [-0.05, 0) is 38.1 Å². The van der Waals surface area contributed by atoms with Gasteiger partial charge in [-0.2, -0.15) is 5.10 Å². The van der Waals surface area contributed by atoms with Crippen LogP contribution in [0.2, 0.25) is 5.02 Å².